The number of nitrogen functional groups attached to an aromatic ring is 1. The van der Waals surface area contributed by atoms with Gasteiger partial charge < -0.3 is 10.6 Å². The third-order valence-electron chi connectivity index (χ3n) is 6.47. The van der Waals surface area contributed by atoms with Crippen LogP contribution in [0, 0.1) is 18.8 Å². The first-order valence-corrected chi connectivity index (χ1v) is 10.5. The molecule has 3 heteroatoms. The van der Waals surface area contributed by atoms with E-state index in [1.165, 1.54) is 56.4 Å². The van der Waals surface area contributed by atoms with E-state index < -0.39 is 0 Å². The van der Waals surface area contributed by atoms with E-state index in [1.54, 1.807) is 6.20 Å². The molecule has 0 spiro atoms. The smallest absolute Gasteiger partial charge is 0.0316 e. The summed E-state index contributed by atoms with van der Waals surface area (Å²) in [5.41, 5.74) is 9.92. The Morgan fingerprint density at radius 1 is 1.11 bits per heavy atom. The van der Waals surface area contributed by atoms with Crippen molar-refractivity contribution < 1.29 is 0 Å². The monoisotopic (exact) mass is 365 g/mol. The van der Waals surface area contributed by atoms with Crippen LogP contribution in [0.4, 0.5) is 5.69 Å². The number of hydrogen-bond donors (Lipinski definition) is 1. The molecular formula is C24H35N3. The fourth-order valence-electron chi connectivity index (χ4n) is 4.66. The number of aromatic nitrogens is 1. The summed E-state index contributed by atoms with van der Waals surface area (Å²) in [4.78, 5) is 6.56. The maximum Gasteiger partial charge on any atom is 0.0316 e. The number of aryl methyl sites for hydroxylation is 1. The summed E-state index contributed by atoms with van der Waals surface area (Å²) in [5.74, 6) is 1.71. The number of pyridine rings is 1. The van der Waals surface area contributed by atoms with Gasteiger partial charge in [0.05, 0.1) is 0 Å². The van der Waals surface area contributed by atoms with Gasteiger partial charge in [-0.2, -0.15) is 0 Å². The fourth-order valence-corrected chi connectivity index (χ4v) is 4.66. The van der Waals surface area contributed by atoms with Gasteiger partial charge in [0.25, 0.3) is 0 Å². The maximum absolute atomic E-state index is 5.94. The van der Waals surface area contributed by atoms with E-state index in [-0.39, 0.29) is 0 Å². The van der Waals surface area contributed by atoms with Crippen LogP contribution in [0.5, 0.6) is 0 Å². The molecule has 1 aromatic carbocycles. The van der Waals surface area contributed by atoms with Gasteiger partial charge in [-0.1, -0.05) is 51.3 Å². The van der Waals surface area contributed by atoms with Gasteiger partial charge in [-0.15, -0.1) is 0 Å². The van der Waals surface area contributed by atoms with E-state index in [1.807, 2.05) is 31.3 Å². The highest BCUT2D eigenvalue weighted by Gasteiger charge is 2.65. The van der Waals surface area contributed by atoms with Crippen LogP contribution >= 0.6 is 0 Å². The van der Waals surface area contributed by atoms with Gasteiger partial charge in [0, 0.05) is 36.6 Å². The summed E-state index contributed by atoms with van der Waals surface area (Å²) < 4.78 is 0. The molecule has 1 saturated carbocycles. The van der Waals surface area contributed by atoms with Crippen molar-refractivity contribution in [3.05, 3.63) is 59.9 Å². The number of piperidine rings is 1. The van der Waals surface area contributed by atoms with Crippen LogP contribution < -0.4 is 5.73 Å². The van der Waals surface area contributed by atoms with Crippen LogP contribution in [0.1, 0.15) is 50.7 Å². The lowest BCUT2D eigenvalue weighted by molar-refractivity contribution is 0.271. The van der Waals surface area contributed by atoms with Gasteiger partial charge in [0.2, 0.25) is 0 Å². The Balaban J connectivity index is 0.000000253. The Morgan fingerprint density at radius 2 is 1.89 bits per heavy atom. The Labute approximate surface area is 165 Å². The van der Waals surface area contributed by atoms with Crippen LogP contribution in [0.3, 0.4) is 0 Å². The largest absolute Gasteiger partial charge is 0.399 e. The molecule has 2 unspecified atom stereocenters. The molecule has 1 aliphatic carbocycles. The molecule has 146 valence electrons. The zero-order chi connectivity index (χ0) is 19.3. The van der Waals surface area contributed by atoms with E-state index in [4.69, 9.17) is 5.73 Å². The lowest BCUT2D eigenvalue weighted by atomic mass is 9.92. The average molecular weight is 366 g/mol. The first-order valence-electron chi connectivity index (χ1n) is 10.5. The Hall–Kier alpha value is -1.87. The standard InChI is InChI=1S/C18H28N2.C6H7N/c1-3-4-5-6-10-20-12-16-17(13-20)18(16,2)14-8-7-9-15(19)11-14;1-6-3-2-4-7-5-6/h7-9,11,16-17H,3-6,10,12-13,19H2,1-2H3;2-5H,1H3. The Kier molecular flexibility index (Phi) is 6.54. The predicted octanol–water partition coefficient (Wildman–Crippen LogP) is 5.06. The lowest BCUT2D eigenvalue weighted by Gasteiger charge is -2.24. The number of fused-ring (bicyclic) bond motifs is 1. The van der Waals surface area contributed by atoms with Crippen LogP contribution in [-0.2, 0) is 5.41 Å². The molecule has 3 nitrogen and oxygen atoms in total. The topological polar surface area (TPSA) is 42.1 Å². The van der Waals surface area contributed by atoms with Crippen molar-refractivity contribution in [2.75, 3.05) is 25.4 Å². The van der Waals surface area contributed by atoms with Crippen LogP contribution in [0.15, 0.2) is 48.8 Å². The lowest BCUT2D eigenvalue weighted by Crippen LogP contribution is -2.29. The zero-order valence-electron chi connectivity index (χ0n) is 17.2. The van der Waals surface area contributed by atoms with Gasteiger partial charge in [0.1, 0.15) is 0 Å². The SMILES string of the molecule is CCCCCCN1CC2C(C1)C2(C)c1cccc(N)c1.Cc1cccnc1. The minimum absolute atomic E-state index is 0.398. The van der Waals surface area contributed by atoms with Crippen molar-refractivity contribution in [1.82, 2.24) is 9.88 Å². The summed E-state index contributed by atoms with van der Waals surface area (Å²) in [5, 5.41) is 0. The molecule has 2 aliphatic rings. The van der Waals surface area contributed by atoms with Gasteiger partial charge >= 0.3 is 0 Å². The number of nitrogens with zero attached hydrogens (tertiary/aromatic N) is 2. The molecule has 27 heavy (non-hydrogen) atoms. The average Bonchev–Trinajstić information content (AvgIpc) is 3.03. The number of benzene rings is 1. The molecule has 0 radical (unpaired) electrons. The minimum atomic E-state index is 0.398. The number of rotatable bonds is 6. The molecule has 4 rings (SSSR count). The second kappa shape index (κ2) is 8.88. The van der Waals surface area contributed by atoms with Crippen molar-refractivity contribution in [3.63, 3.8) is 0 Å². The van der Waals surface area contributed by atoms with Crippen molar-refractivity contribution in [2.45, 2.75) is 51.9 Å². The Bertz CT molecular complexity index is 701. The summed E-state index contributed by atoms with van der Waals surface area (Å²) in [6.45, 7) is 10.6. The van der Waals surface area contributed by atoms with Gasteiger partial charge in [0.15, 0.2) is 0 Å². The molecule has 0 amide bonds. The molecule has 2 N–H and O–H groups in total. The molecule has 1 aliphatic heterocycles. The third-order valence-corrected chi connectivity index (χ3v) is 6.47. The highest BCUT2D eigenvalue weighted by Crippen LogP contribution is 2.63. The van der Waals surface area contributed by atoms with E-state index in [0.29, 0.717) is 5.41 Å². The van der Waals surface area contributed by atoms with E-state index in [0.717, 1.165) is 17.5 Å². The number of unbranched alkanes of at least 4 members (excludes halogenated alkanes) is 3. The van der Waals surface area contributed by atoms with Gasteiger partial charge in [-0.05, 0) is 61.1 Å². The van der Waals surface area contributed by atoms with Crippen molar-refractivity contribution in [3.8, 4) is 0 Å². The molecular weight excluding hydrogens is 330 g/mol. The molecule has 2 aromatic rings. The normalized spacial score (nSPS) is 26.2. The summed E-state index contributed by atoms with van der Waals surface area (Å²) >= 11 is 0. The number of anilines is 1. The zero-order valence-corrected chi connectivity index (χ0v) is 17.2. The minimum Gasteiger partial charge on any atom is -0.399 e. The maximum atomic E-state index is 5.94. The highest BCUT2D eigenvalue weighted by molar-refractivity contribution is 5.47. The van der Waals surface area contributed by atoms with Gasteiger partial charge in [-0.25, -0.2) is 0 Å². The first-order chi connectivity index (χ1) is 13.1. The predicted molar refractivity (Wildman–Crippen MR) is 115 cm³/mol. The van der Waals surface area contributed by atoms with Crippen LogP contribution in [0.2, 0.25) is 0 Å². The van der Waals surface area contributed by atoms with E-state index >= 15 is 0 Å². The first kappa shape index (κ1) is 19.9. The van der Waals surface area contributed by atoms with Gasteiger partial charge in [-0.3, -0.25) is 4.98 Å². The van der Waals surface area contributed by atoms with Crippen molar-refractivity contribution in [1.29, 1.82) is 0 Å². The van der Waals surface area contributed by atoms with Crippen molar-refractivity contribution >= 4 is 5.69 Å². The molecule has 2 fully saturated rings. The summed E-state index contributed by atoms with van der Waals surface area (Å²) in [7, 11) is 0. The molecule has 1 aromatic heterocycles. The Morgan fingerprint density at radius 3 is 2.44 bits per heavy atom. The number of hydrogen-bond acceptors (Lipinski definition) is 3. The summed E-state index contributed by atoms with van der Waals surface area (Å²) in [6, 6.07) is 12.5. The molecule has 0 bridgehead atoms. The second-order valence-electron chi connectivity index (χ2n) is 8.47. The van der Waals surface area contributed by atoms with E-state index in [9.17, 15) is 0 Å². The molecule has 2 atom stereocenters. The number of nitrogens with two attached hydrogens (primary N) is 1. The second-order valence-corrected chi connectivity index (χ2v) is 8.47. The quantitative estimate of drug-likeness (QED) is 0.575. The summed E-state index contributed by atoms with van der Waals surface area (Å²) in [6.07, 6.45) is 9.10. The molecule has 1 saturated heterocycles. The van der Waals surface area contributed by atoms with Crippen molar-refractivity contribution in [2.24, 2.45) is 11.8 Å². The van der Waals surface area contributed by atoms with Crippen LogP contribution in [0.25, 0.3) is 0 Å². The highest BCUT2D eigenvalue weighted by atomic mass is 15.2. The molecule has 2 heterocycles. The van der Waals surface area contributed by atoms with E-state index in [2.05, 4.69) is 41.9 Å². The third kappa shape index (κ3) is 4.70. The van der Waals surface area contributed by atoms with Crippen LogP contribution in [-0.4, -0.2) is 29.5 Å². The number of likely N-dealkylation sites (tertiary alicyclic amines) is 1. The fraction of sp³-hybridized carbons (Fsp3) is 0.542.